The van der Waals surface area contributed by atoms with Gasteiger partial charge in [0.25, 0.3) is 5.91 Å². The van der Waals surface area contributed by atoms with E-state index in [1.54, 1.807) is 24.3 Å². The molecule has 6 nitrogen and oxygen atoms in total. The van der Waals surface area contributed by atoms with E-state index in [0.29, 0.717) is 18.0 Å². The predicted molar refractivity (Wildman–Crippen MR) is 94.2 cm³/mol. The second kappa shape index (κ2) is 8.39. The van der Waals surface area contributed by atoms with Crippen molar-refractivity contribution in [1.82, 2.24) is 0 Å². The van der Waals surface area contributed by atoms with Crippen LogP contribution < -0.4 is 10.1 Å². The standard InChI is InChI=1S/C18H18ClNO5/c1-3-24-16-7-5-4-6-14(16)20-17(22)11(2)25-18(23)13-9-8-12(19)10-15(13)21/h4-11,21H,3H2,1-2H3,(H,20,22). The van der Waals surface area contributed by atoms with Crippen molar-refractivity contribution in [3.63, 3.8) is 0 Å². The molecule has 0 spiro atoms. The van der Waals surface area contributed by atoms with E-state index < -0.39 is 18.0 Å². The molecule has 0 aromatic heterocycles. The molecule has 0 aliphatic rings. The van der Waals surface area contributed by atoms with Gasteiger partial charge in [-0.05, 0) is 44.2 Å². The number of amides is 1. The van der Waals surface area contributed by atoms with Crippen LogP contribution >= 0.6 is 11.6 Å². The van der Waals surface area contributed by atoms with Crippen molar-refractivity contribution in [3.8, 4) is 11.5 Å². The van der Waals surface area contributed by atoms with Crippen molar-refractivity contribution in [3.05, 3.63) is 53.1 Å². The summed E-state index contributed by atoms with van der Waals surface area (Å²) < 4.78 is 10.5. The van der Waals surface area contributed by atoms with Gasteiger partial charge in [0.15, 0.2) is 6.10 Å². The molecule has 0 aliphatic heterocycles. The monoisotopic (exact) mass is 363 g/mol. The Bertz CT molecular complexity index is 778. The van der Waals surface area contributed by atoms with Gasteiger partial charge < -0.3 is 19.9 Å². The van der Waals surface area contributed by atoms with Gasteiger partial charge in [-0.25, -0.2) is 4.79 Å². The molecule has 1 amide bonds. The zero-order valence-corrected chi connectivity index (χ0v) is 14.5. The highest BCUT2D eigenvalue weighted by atomic mass is 35.5. The van der Waals surface area contributed by atoms with Crippen molar-refractivity contribution in [1.29, 1.82) is 0 Å². The number of nitrogens with one attached hydrogen (secondary N) is 1. The summed E-state index contributed by atoms with van der Waals surface area (Å²) in [5.41, 5.74) is 0.408. The molecule has 2 N–H and O–H groups in total. The van der Waals surface area contributed by atoms with E-state index in [1.807, 2.05) is 6.92 Å². The Kier molecular flexibility index (Phi) is 6.25. The van der Waals surface area contributed by atoms with Gasteiger partial charge in [0.05, 0.1) is 12.3 Å². The minimum atomic E-state index is -1.07. The summed E-state index contributed by atoms with van der Waals surface area (Å²) >= 11 is 5.72. The average molecular weight is 364 g/mol. The van der Waals surface area contributed by atoms with Gasteiger partial charge in [-0.2, -0.15) is 0 Å². The maximum absolute atomic E-state index is 12.2. The van der Waals surface area contributed by atoms with E-state index in [4.69, 9.17) is 21.1 Å². The summed E-state index contributed by atoms with van der Waals surface area (Å²) in [5, 5.41) is 12.7. The lowest BCUT2D eigenvalue weighted by atomic mass is 10.2. The Morgan fingerprint density at radius 1 is 1.24 bits per heavy atom. The largest absolute Gasteiger partial charge is 0.507 e. The van der Waals surface area contributed by atoms with Crippen molar-refractivity contribution in [2.24, 2.45) is 0 Å². The van der Waals surface area contributed by atoms with E-state index in [2.05, 4.69) is 5.32 Å². The fourth-order valence-corrected chi connectivity index (χ4v) is 2.21. The van der Waals surface area contributed by atoms with Crippen molar-refractivity contribution < 1.29 is 24.2 Å². The third-order valence-electron chi connectivity index (χ3n) is 3.28. The number of carbonyl (C=O) groups is 2. The summed E-state index contributed by atoms with van der Waals surface area (Å²) in [6, 6.07) is 10.9. The lowest BCUT2D eigenvalue weighted by molar-refractivity contribution is -0.123. The SMILES string of the molecule is CCOc1ccccc1NC(=O)C(C)OC(=O)c1ccc(Cl)cc1O. The van der Waals surface area contributed by atoms with Crippen LogP contribution in [0.1, 0.15) is 24.2 Å². The number of phenols is 1. The van der Waals surface area contributed by atoms with Gasteiger partial charge in [0.1, 0.15) is 17.1 Å². The van der Waals surface area contributed by atoms with E-state index in [-0.39, 0.29) is 16.3 Å². The van der Waals surface area contributed by atoms with Crippen LogP contribution in [0.15, 0.2) is 42.5 Å². The van der Waals surface area contributed by atoms with Crippen LogP contribution in [0.3, 0.4) is 0 Å². The number of phenolic OH excluding ortho intramolecular Hbond substituents is 1. The third kappa shape index (κ3) is 4.87. The van der Waals surface area contributed by atoms with Gasteiger partial charge in [-0.3, -0.25) is 4.79 Å². The van der Waals surface area contributed by atoms with Crippen molar-refractivity contribution in [2.75, 3.05) is 11.9 Å². The number of ether oxygens (including phenoxy) is 2. The van der Waals surface area contributed by atoms with Crippen LogP contribution in [-0.4, -0.2) is 29.7 Å². The maximum Gasteiger partial charge on any atom is 0.342 e. The number of para-hydroxylation sites is 2. The fraction of sp³-hybridized carbons (Fsp3) is 0.222. The minimum Gasteiger partial charge on any atom is -0.507 e. The Hall–Kier alpha value is -2.73. The van der Waals surface area contributed by atoms with Gasteiger partial charge >= 0.3 is 5.97 Å². The number of benzene rings is 2. The highest BCUT2D eigenvalue weighted by molar-refractivity contribution is 6.30. The number of hydrogen-bond acceptors (Lipinski definition) is 5. The predicted octanol–water partition coefficient (Wildman–Crippen LogP) is 3.63. The molecule has 2 aromatic carbocycles. The first-order valence-electron chi connectivity index (χ1n) is 7.64. The number of aromatic hydroxyl groups is 1. The smallest absolute Gasteiger partial charge is 0.342 e. The molecule has 0 saturated carbocycles. The second-order valence-corrected chi connectivity index (χ2v) is 5.56. The van der Waals surface area contributed by atoms with Crippen molar-refractivity contribution >= 4 is 29.2 Å². The van der Waals surface area contributed by atoms with Gasteiger partial charge in [-0.1, -0.05) is 23.7 Å². The first-order valence-corrected chi connectivity index (χ1v) is 8.02. The first-order chi connectivity index (χ1) is 11.9. The summed E-state index contributed by atoms with van der Waals surface area (Å²) in [7, 11) is 0. The van der Waals surface area contributed by atoms with Crippen LogP contribution in [0, 0.1) is 0 Å². The summed E-state index contributed by atoms with van der Waals surface area (Å²) in [6.45, 7) is 3.72. The lowest BCUT2D eigenvalue weighted by Crippen LogP contribution is -2.30. The summed E-state index contributed by atoms with van der Waals surface area (Å²) in [5.74, 6) is -1.14. The number of hydrogen-bond donors (Lipinski definition) is 2. The zero-order valence-electron chi connectivity index (χ0n) is 13.8. The molecule has 0 aliphatic carbocycles. The molecule has 132 valence electrons. The molecule has 0 radical (unpaired) electrons. The quantitative estimate of drug-likeness (QED) is 0.765. The van der Waals surface area contributed by atoms with Crippen LogP contribution in [0.5, 0.6) is 11.5 Å². The number of carbonyl (C=O) groups excluding carboxylic acids is 2. The molecule has 1 atom stereocenters. The molecule has 2 aromatic rings. The molecule has 0 fully saturated rings. The van der Waals surface area contributed by atoms with Gasteiger partial charge in [0, 0.05) is 5.02 Å². The van der Waals surface area contributed by atoms with Crippen LogP contribution in [0.2, 0.25) is 5.02 Å². The number of esters is 1. The lowest BCUT2D eigenvalue weighted by Gasteiger charge is -2.16. The maximum atomic E-state index is 12.2. The molecular formula is C18H18ClNO5. The Morgan fingerprint density at radius 3 is 2.64 bits per heavy atom. The van der Waals surface area contributed by atoms with Crippen LogP contribution in [0.25, 0.3) is 0 Å². The number of anilines is 1. The summed E-state index contributed by atoms with van der Waals surface area (Å²) in [4.78, 5) is 24.3. The number of halogens is 1. The van der Waals surface area contributed by atoms with Crippen LogP contribution in [-0.2, 0) is 9.53 Å². The van der Waals surface area contributed by atoms with E-state index in [9.17, 15) is 14.7 Å². The topological polar surface area (TPSA) is 84.9 Å². The fourth-order valence-electron chi connectivity index (χ4n) is 2.04. The Morgan fingerprint density at radius 2 is 1.96 bits per heavy atom. The van der Waals surface area contributed by atoms with Crippen molar-refractivity contribution in [2.45, 2.75) is 20.0 Å². The molecule has 0 heterocycles. The molecule has 0 bridgehead atoms. The Balaban J connectivity index is 2.04. The second-order valence-electron chi connectivity index (χ2n) is 5.13. The molecule has 25 heavy (non-hydrogen) atoms. The Labute approximate surface area is 150 Å². The minimum absolute atomic E-state index is 0.0706. The van der Waals surface area contributed by atoms with E-state index >= 15 is 0 Å². The number of rotatable bonds is 6. The average Bonchev–Trinajstić information content (AvgIpc) is 2.56. The van der Waals surface area contributed by atoms with Crippen LogP contribution in [0.4, 0.5) is 5.69 Å². The molecule has 7 heteroatoms. The van der Waals surface area contributed by atoms with Gasteiger partial charge in [0.2, 0.25) is 0 Å². The van der Waals surface area contributed by atoms with E-state index in [0.717, 1.165) is 0 Å². The zero-order chi connectivity index (χ0) is 18.4. The first kappa shape index (κ1) is 18.6. The molecular weight excluding hydrogens is 346 g/mol. The molecule has 2 rings (SSSR count). The highest BCUT2D eigenvalue weighted by Gasteiger charge is 2.22. The normalized spacial score (nSPS) is 11.5. The van der Waals surface area contributed by atoms with E-state index in [1.165, 1.54) is 25.1 Å². The third-order valence-corrected chi connectivity index (χ3v) is 3.51. The molecule has 1 unspecified atom stereocenters. The highest BCUT2D eigenvalue weighted by Crippen LogP contribution is 2.25. The molecule has 0 saturated heterocycles. The van der Waals surface area contributed by atoms with Gasteiger partial charge in [-0.15, -0.1) is 0 Å². The summed E-state index contributed by atoms with van der Waals surface area (Å²) in [6.07, 6.45) is -1.07.